The number of thiazole rings is 1. The molecule has 102 valence electrons. The molecule has 1 heterocycles. The van der Waals surface area contributed by atoms with Gasteiger partial charge in [-0.2, -0.15) is 0 Å². The summed E-state index contributed by atoms with van der Waals surface area (Å²) < 4.78 is 5.41. The molecule has 0 fully saturated rings. The Morgan fingerprint density at radius 2 is 2.00 bits per heavy atom. The van der Waals surface area contributed by atoms with Crippen LogP contribution in [0.3, 0.4) is 0 Å². The molecular weight excluding hydrogens is 256 g/mol. The summed E-state index contributed by atoms with van der Waals surface area (Å²) in [6.45, 7) is 4.01. The number of benzene rings is 1. The summed E-state index contributed by atoms with van der Waals surface area (Å²) in [5.41, 5.74) is 8.01. The van der Waals surface area contributed by atoms with Gasteiger partial charge in [0.1, 0.15) is 0 Å². The van der Waals surface area contributed by atoms with Gasteiger partial charge in [-0.25, -0.2) is 4.98 Å². The Morgan fingerprint density at radius 1 is 1.32 bits per heavy atom. The molecule has 1 aromatic heterocycles. The molecule has 0 saturated carbocycles. The molecule has 1 aromatic carbocycles. The molecule has 3 nitrogen and oxygen atoms in total. The van der Waals surface area contributed by atoms with E-state index in [1.807, 2.05) is 32.0 Å². The summed E-state index contributed by atoms with van der Waals surface area (Å²) in [5, 5.41) is 3.13. The molecule has 0 aliphatic heterocycles. The van der Waals surface area contributed by atoms with Crippen LogP contribution in [0.2, 0.25) is 0 Å². The maximum atomic E-state index is 6.18. The number of nitrogens with zero attached hydrogens (tertiary/aromatic N) is 1. The third kappa shape index (κ3) is 3.41. The highest BCUT2D eigenvalue weighted by Crippen LogP contribution is 2.24. The van der Waals surface area contributed by atoms with Crippen LogP contribution < -0.4 is 5.73 Å². The van der Waals surface area contributed by atoms with Crippen LogP contribution in [0.1, 0.15) is 18.9 Å². The molecule has 0 aliphatic carbocycles. The summed E-state index contributed by atoms with van der Waals surface area (Å²) in [4.78, 5) is 4.65. The van der Waals surface area contributed by atoms with E-state index in [0.717, 1.165) is 22.7 Å². The Bertz CT molecular complexity index is 522. The average Bonchev–Trinajstić information content (AvgIpc) is 2.88. The van der Waals surface area contributed by atoms with Crippen molar-refractivity contribution in [3.05, 3.63) is 40.7 Å². The Morgan fingerprint density at radius 3 is 2.63 bits per heavy atom. The highest BCUT2D eigenvalue weighted by Gasteiger charge is 2.26. The maximum Gasteiger partial charge on any atom is 0.0949 e. The van der Waals surface area contributed by atoms with E-state index >= 15 is 0 Å². The first-order valence-electron chi connectivity index (χ1n) is 6.33. The number of ether oxygens (including phenoxy) is 1. The normalized spacial score (nSPS) is 13.5. The molecule has 0 saturated heterocycles. The molecule has 0 spiro atoms. The van der Waals surface area contributed by atoms with E-state index in [-0.39, 0.29) is 11.6 Å². The second kappa shape index (κ2) is 5.82. The fourth-order valence-electron chi connectivity index (χ4n) is 1.73. The smallest absolute Gasteiger partial charge is 0.0949 e. The standard InChI is InChI=1S/C15H20N2OS/c1-15(2,18-3)13(16)9-14-17-12(10-19-14)11-7-5-4-6-8-11/h4-8,10,13H,9,16H2,1-3H3. The summed E-state index contributed by atoms with van der Waals surface area (Å²) in [7, 11) is 1.69. The van der Waals surface area contributed by atoms with Gasteiger partial charge in [0, 0.05) is 30.5 Å². The molecule has 0 aliphatic rings. The first kappa shape index (κ1) is 14.2. The quantitative estimate of drug-likeness (QED) is 0.913. The molecule has 0 bridgehead atoms. The van der Waals surface area contributed by atoms with E-state index < -0.39 is 0 Å². The average molecular weight is 276 g/mol. The molecule has 4 heteroatoms. The molecule has 0 amide bonds. The number of hydrogen-bond donors (Lipinski definition) is 1. The lowest BCUT2D eigenvalue weighted by molar-refractivity contribution is 0.000799. The minimum Gasteiger partial charge on any atom is -0.377 e. The second-order valence-corrected chi connectivity index (χ2v) is 6.05. The summed E-state index contributed by atoms with van der Waals surface area (Å²) in [5.74, 6) is 0. The SMILES string of the molecule is COC(C)(C)C(N)Cc1nc(-c2ccccc2)cs1. The van der Waals surface area contributed by atoms with E-state index in [2.05, 4.69) is 22.5 Å². The van der Waals surface area contributed by atoms with E-state index in [1.165, 1.54) is 0 Å². The van der Waals surface area contributed by atoms with Gasteiger partial charge in [-0.15, -0.1) is 11.3 Å². The largest absolute Gasteiger partial charge is 0.377 e. The van der Waals surface area contributed by atoms with Gasteiger partial charge in [0.05, 0.1) is 16.3 Å². The van der Waals surface area contributed by atoms with Gasteiger partial charge in [-0.05, 0) is 13.8 Å². The number of hydrogen-bond acceptors (Lipinski definition) is 4. The molecule has 19 heavy (non-hydrogen) atoms. The second-order valence-electron chi connectivity index (χ2n) is 5.11. The van der Waals surface area contributed by atoms with Gasteiger partial charge >= 0.3 is 0 Å². The zero-order valence-electron chi connectivity index (χ0n) is 11.6. The van der Waals surface area contributed by atoms with Crippen LogP contribution in [0.25, 0.3) is 11.3 Å². The molecule has 1 unspecified atom stereocenters. The van der Waals surface area contributed by atoms with Crippen molar-refractivity contribution in [3.63, 3.8) is 0 Å². The molecule has 2 N–H and O–H groups in total. The molecule has 2 rings (SSSR count). The van der Waals surface area contributed by atoms with Crippen molar-refractivity contribution in [3.8, 4) is 11.3 Å². The third-order valence-electron chi connectivity index (χ3n) is 3.43. The lowest BCUT2D eigenvalue weighted by Crippen LogP contribution is -2.46. The number of nitrogens with two attached hydrogens (primary N) is 1. The monoisotopic (exact) mass is 276 g/mol. The highest BCUT2D eigenvalue weighted by atomic mass is 32.1. The van der Waals surface area contributed by atoms with Gasteiger partial charge in [-0.3, -0.25) is 0 Å². The van der Waals surface area contributed by atoms with Gasteiger partial charge in [-0.1, -0.05) is 30.3 Å². The van der Waals surface area contributed by atoms with Crippen molar-refractivity contribution in [2.75, 3.05) is 7.11 Å². The van der Waals surface area contributed by atoms with E-state index in [1.54, 1.807) is 18.4 Å². The van der Waals surface area contributed by atoms with Crippen molar-refractivity contribution in [1.82, 2.24) is 4.98 Å². The minimum absolute atomic E-state index is 0.0627. The van der Waals surface area contributed by atoms with Crippen LogP contribution in [0, 0.1) is 0 Å². The Balaban J connectivity index is 2.10. The lowest BCUT2D eigenvalue weighted by Gasteiger charge is -2.29. The predicted octanol–water partition coefficient (Wildman–Crippen LogP) is 3.10. The zero-order valence-corrected chi connectivity index (χ0v) is 12.4. The van der Waals surface area contributed by atoms with Gasteiger partial charge in [0.15, 0.2) is 0 Å². The van der Waals surface area contributed by atoms with Crippen molar-refractivity contribution in [2.45, 2.75) is 31.9 Å². The Hall–Kier alpha value is -1.23. The third-order valence-corrected chi connectivity index (χ3v) is 4.31. The van der Waals surface area contributed by atoms with Crippen LogP contribution in [0.15, 0.2) is 35.7 Å². The first-order chi connectivity index (χ1) is 9.03. The molecule has 2 aromatic rings. The molecular formula is C15H20N2OS. The molecule has 1 atom stereocenters. The van der Waals surface area contributed by atoms with Crippen LogP contribution in [0.5, 0.6) is 0 Å². The zero-order chi connectivity index (χ0) is 13.9. The van der Waals surface area contributed by atoms with Crippen LogP contribution in [-0.4, -0.2) is 23.7 Å². The lowest BCUT2D eigenvalue weighted by atomic mass is 9.97. The maximum absolute atomic E-state index is 6.18. The summed E-state index contributed by atoms with van der Waals surface area (Å²) >= 11 is 1.65. The van der Waals surface area contributed by atoms with Crippen LogP contribution >= 0.6 is 11.3 Å². The van der Waals surface area contributed by atoms with Crippen molar-refractivity contribution in [2.24, 2.45) is 5.73 Å². The van der Waals surface area contributed by atoms with Crippen LogP contribution in [0.4, 0.5) is 0 Å². The van der Waals surface area contributed by atoms with E-state index in [4.69, 9.17) is 10.5 Å². The Kier molecular flexibility index (Phi) is 4.34. The fraction of sp³-hybridized carbons (Fsp3) is 0.400. The number of rotatable bonds is 5. The van der Waals surface area contributed by atoms with Crippen molar-refractivity contribution >= 4 is 11.3 Å². The van der Waals surface area contributed by atoms with Crippen LogP contribution in [-0.2, 0) is 11.2 Å². The van der Waals surface area contributed by atoms with Gasteiger partial charge in [0.25, 0.3) is 0 Å². The number of methoxy groups -OCH3 is 1. The predicted molar refractivity (Wildman–Crippen MR) is 80.3 cm³/mol. The molecule has 0 radical (unpaired) electrons. The van der Waals surface area contributed by atoms with Crippen molar-refractivity contribution in [1.29, 1.82) is 0 Å². The van der Waals surface area contributed by atoms with Crippen molar-refractivity contribution < 1.29 is 4.74 Å². The highest BCUT2D eigenvalue weighted by molar-refractivity contribution is 7.09. The summed E-state index contributed by atoms with van der Waals surface area (Å²) in [6, 6.07) is 10.1. The van der Waals surface area contributed by atoms with E-state index in [9.17, 15) is 0 Å². The topological polar surface area (TPSA) is 48.1 Å². The van der Waals surface area contributed by atoms with Gasteiger partial charge in [0.2, 0.25) is 0 Å². The summed E-state index contributed by atoms with van der Waals surface area (Å²) in [6.07, 6.45) is 0.734. The number of aromatic nitrogens is 1. The Labute approximate surface area is 118 Å². The van der Waals surface area contributed by atoms with E-state index in [0.29, 0.717) is 0 Å². The first-order valence-corrected chi connectivity index (χ1v) is 7.21. The minimum atomic E-state index is -0.335. The fourth-order valence-corrected chi connectivity index (χ4v) is 2.59. The van der Waals surface area contributed by atoms with Gasteiger partial charge < -0.3 is 10.5 Å².